The van der Waals surface area contributed by atoms with Gasteiger partial charge in [0.15, 0.2) is 0 Å². The number of anilines is 1. The molecule has 2 aromatic heterocycles. The topological polar surface area (TPSA) is 66.5 Å². The number of hydrogen-bond acceptors (Lipinski definition) is 4. The van der Waals surface area contributed by atoms with Gasteiger partial charge >= 0.3 is 0 Å². The average Bonchev–Trinajstić information content (AvgIpc) is 2.95. The third-order valence-corrected chi connectivity index (χ3v) is 3.28. The van der Waals surface area contributed by atoms with E-state index in [4.69, 9.17) is 5.26 Å². The maximum absolute atomic E-state index is 8.89. The molecule has 0 bridgehead atoms. The van der Waals surface area contributed by atoms with Gasteiger partial charge in [-0.15, -0.1) is 0 Å². The van der Waals surface area contributed by atoms with E-state index in [9.17, 15) is 0 Å². The number of nitrogens with one attached hydrogen (secondary N) is 1. The zero-order valence-corrected chi connectivity index (χ0v) is 12.2. The van der Waals surface area contributed by atoms with E-state index in [2.05, 4.69) is 15.4 Å². The van der Waals surface area contributed by atoms with Crippen molar-refractivity contribution in [2.45, 2.75) is 6.54 Å². The number of aromatic nitrogens is 3. The number of aryl methyl sites for hydroxylation is 1. The van der Waals surface area contributed by atoms with Crippen LogP contribution in [-0.2, 0) is 13.6 Å². The van der Waals surface area contributed by atoms with E-state index in [-0.39, 0.29) is 0 Å². The summed E-state index contributed by atoms with van der Waals surface area (Å²) in [5.41, 5.74) is 3.52. The number of nitrogens with zero attached hydrogens (tertiary/aromatic N) is 4. The highest BCUT2D eigenvalue weighted by Crippen LogP contribution is 2.22. The summed E-state index contributed by atoms with van der Waals surface area (Å²) >= 11 is 0. The lowest BCUT2D eigenvalue weighted by molar-refractivity contribution is 0.770. The Labute approximate surface area is 128 Å². The van der Waals surface area contributed by atoms with Crippen LogP contribution in [-0.4, -0.2) is 14.8 Å². The van der Waals surface area contributed by atoms with Crippen LogP contribution >= 0.6 is 0 Å². The van der Waals surface area contributed by atoms with Gasteiger partial charge in [0, 0.05) is 30.9 Å². The summed E-state index contributed by atoms with van der Waals surface area (Å²) in [6.45, 7) is 0.597. The molecule has 0 unspecified atom stereocenters. The van der Waals surface area contributed by atoms with Crippen LogP contribution in [0.2, 0.25) is 0 Å². The molecular formula is C17H15N5. The standard InChI is InChI=1S/C17H15N5/c1-22-12-14(17(21-22)13-6-3-2-4-7-13)11-19-16-9-5-8-15(10-18)20-16/h2-9,12H,11H2,1H3,(H,19,20). The molecular weight excluding hydrogens is 274 g/mol. The molecule has 0 atom stereocenters. The molecule has 0 aliphatic rings. The molecule has 3 aromatic rings. The van der Waals surface area contributed by atoms with Crippen LogP contribution in [0.3, 0.4) is 0 Å². The molecule has 3 rings (SSSR count). The van der Waals surface area contributed by atoms with E-state index in [0.29, 0.717) is 18.1 Å². The van der Waals surface area contributed by atoms with Crippen molar-refractivity contribution < 1.29 is 0 Å². The van der Waals surface area contributed by atoms with Crippen molar-refractivity contribution in [1.82, 2.24) is 14.8 Å². The van der Waals surface area contributed by atoms with Crippen LogP contribution in [0.4, 0.5) is 5.82 Å². The Balaban J connectivity index is 1.83. The fourth-order valence-electron chi connectivity index (χ4n) is 2.29. The molecule has 22 heavy (non-hydrogen) atoms. The van der Waals surface area contributed by atoms with Crippen LogP contribution in [0.25, 0.3) is 11.3 Å². The first kappa shape index (κ1) is 13.8. The molecule has 5 heteroatoms. The van der Waals surface area contributed by atoms with Crippen molar-refractivity contribution in [3.05, 3.63) is 66.0 Å². The molecule has 0 spiro atoms. The lowest BCUT2D eigenvalue weighted by Crippen LogP contribution is -2.02. The second-order valence-corrected chi connectivity index (χ2v) is 4.92. The smallest absolute Gasteiger partial charge is 0.142 e. The van der Waals surface area contributed by atoms with Gasteiger partial charge in [0.25, 0.3) is 0 Å². The monoisotopic (exact) mass is 289 g/mol. The third-order valence-electron chi connectivity index (χ3n) is 3.28. The van der Waals surface area contributed by atoms with Gasteiger partial charge in [-0.2, -0.15) is 10.4 Å². The third kappa shape index (κ3) is 2.96. The van der Waals surface area contributed by atoms with E-state index in [1.54, 1.807) is 10.7 Å². The lowest BCUT2D eigenvalue weighted by Gasteiger charge is -2.06. The van der Waals surface area contributed by atoms with Crippen molar-refractivity contribution in [3.8, 4) is 17.3 Å². The summed E-state index contributed by atoms with van der Waals surface area (Å²) in [5.74, 6) is 0.682. The minimum absolute atomic E-state index is 0.402. The predicted molar refractivity (Wildman–Crippen MR) is 84.9 cm³/mol. The minimum atomic E-state index is 0.402. The molecule has 108 valence electrons. The average molecular weight is 289 g/mol. The summed E-state index contributed by atoms with van der Waals surface area (Å²) in [4.78, 5) is 4.22. The highest BCUT2D eigenvalue weighted by atomic mass is 15.3. The summed E-state index contributed by atoms with van der Waals surface area (Å²) in [6, 6.07) is 17.5. The molecule has 1 aromatic carbocycles. The molecule has 0 amide bonds. The molecule has 0 saturated heterocycles. The van der Waals surface area contributed by atoms with Gasteiger partial charge in [-0.05, 0) is 12.1 Å². The SMILES string of the molecule is Cn1cc(CNc2cccc(C#N)n2)c(-c2ccccc2)n1. The van der Waals surface area contributed by atoms with Gasteiger partial charge in [-0.3, -0.25) is 4.68 Å². The maximum Gasteiger partial charge on any atom is 0.142 e. The van der Waals surface area contributed by atoms with E-state index >= 15 is 0 Å². The highest BCUT2D eigenvalue weighted by Gasteiger charge is 2.10. The first-order chi connectivity index (χ1) is 10.8. The van der Waals surface area contributed by atoms with Crippen LogP contribution in [0.1, 0.15) is 11.3 Å². The molecule has 0 radical (unpaired) electrons. The Bertz CT molecular complexity index is 815. The zero-order valence-electron chi connectivity index (χ0n) is 12.2. The second kappa shape index (κ2) is 6.10. The molecule has 0 saturated carbocycles. The van der Waals surface area contributed by atoms with Gasteiger partial charge in [-0.1, -0.05) is 36.4 Å². The Kier molecular flexibility index (Phi) is 3.84. The summed E-state index contributed by atoms with van der Waals surface area (Å²) in [6.07, 6.45) is 1.99. The second-order valence-electron chi connectivity index (χ2n) is 4.92. The first-order valence-electron chi connectivity index (χ1n) is 6.95. The maximum atomic E-state index is 8.89. The molecule has 0 aliphatic heterocycles. The molecule has 1 N–H and O–H groups in total. The normalized spacial score (nSPS) is 10.2. The molecule has 0 aliphatic carbocycles. The Morgan fingerprint density at radius 3 is 2.73 bits per heavy atom. The van der Waals surface area contributed by atoms with Gasteiger partial charge in [0.05, 0.1) is 5.69 Å². The lowest BCUT2D eigenvalue weighted by atomic mass is 10.1. The number of hydrogen-bond donors (Lipinski definition) is 1. The Morgan fingerprint density at radius 2 is 1.95 bits per heavy atom. The van der Waals surface area contributed by atoms with E-state index < -0.39 is 0 Å². The van der Waals surface area contributed by atoms with E-state index in [1.807, 2.05) is 61.8 Å². The van der Waals surface area contributed by atoms with Gasteiger partial charge in [0.1, 0.15) is 17.6 Å². The van der Waals surface area contributed by atoms with Crippen molar-refractivity contribution >= 4 is 5.82 Å². The fourth-order valence-corrected chi connectivity index (χ4v) is 2.29. The quantitative estimate of drug-likeness (QED) is 0.802. The largest absolute Gasteiger partial charge is 0.366 e. The predicted octanol–water partition coefficient (Wildman–Crippen LogP) is 2.97. The van der Waals surface area contributed by atoms with Crippen molar-refractivity contribution in [2.75, 3.05) is 5.32 Å². The Hall–Kier alpha value is -3.13. The molecule has 5 nitrogen and oxygen atoms in total. The Morgan fingerprint density at radius 1 is 1.14 bits per heavy atom. The molecule has 0 fully saturated rings. The first-order valence-corrected chi connectivity index (χ1v) is 6.95. The van der Waals surface area contributed by atoms with Gasteiger partial charge in [-0.25, -0.2) is 4.98 Å². The zero-order chi connectivity index (χ0) is 15.4. The number of rotatable bonds is 4. The number of nitriles is 1. The van der Waals surface area contributed by atoms with E-state index in [1.165, 1.54) is 0 Å². The van der Waals surface area contributed by atoms with Crippen molar-refractivity contribution in [2.24, 2.45) is 7.05 Å². The van der Waals surface area contributed by atoms with Crippen molar-refractivity contribution in [3.63, 3.8) is 0 Å². The highest BCUT2D eigenvalue weighted by molar-refractivity contribution is 5.63. The fraction of sp³-hybridized carbons (Fsp3) is 0.118. The van der Waals surface area contributed by atoms with Crippen LogP contribution in [0.15, 0.2) is 54.7 Å². The van der Waals surface area contributed by atoms with E-state index in [0.717, 1.165) is 16.8 Å². The summed E-state index contributed by atoms with van der Waals surface area (Å²) in [7, 11) is 1.91. The minimum Gasteiger partial charge on any atom is -0.366 e. The van der Waals surface area contributed by atoms with Crippen molar-refractivity contribution in [1.29, 1.82) is 5.26 Å². The number of benzene rings is 1. The van der Waals surface area contributed by atoms with Gasteiger partial charge in [0.2, 0.25) is 0 Å². The number of pyridine rings is 1. The summed E-state index contributed by atoms with van der Waals surface area (Å²) in [5, 5.41) is 16.7. The van der Waals surface area contributed by atoms with Gasteiger partial charge < -0.3 is 5.32 Å². The van der Waals surface area contributed by atoms with Crippen LogP contribution < -0.4 is 5.32 Å². The van der Waals surface area contributed by atoms with Crippen LogP contribution in [0.5, 0.6) is 0 Å². The summed E-state index contributed by atoms with van der Waals surface area (Å²) < 4.78 is 1.80. The van der Waals surface area contributed by atoms with Crippen LogP contribution in [0, 0.1) is 11.3 Å². The molecule has 2 heterocycles.